The number of rotatable bonds is 8. The van der Waals surface area contributed by atoms with Gasteiger partial charge in [-0.3, -0.25) is 4.98 Å². The number of pyridine rings is 1. The van der Waals surface area contributed by atoms with Crippen molar-refractivity contribution in [2.24, 2.45) is 11.8 Å². The molecule has 0 unspecified atom stereocenters. The zero-order valence-electron chi connectivity index (χ0n) is 20.0. The van der Waals surface area contributed by atoms with E-state index in [1.807, 2.05) is 30.3 Å². The van der Waals surface area contributed by atoms with Crippen LogP contribution in [0.4, 0.5) is 4.39 Å². The molecule has 6 rings (SSSR count). The van der Waals surface area contributed by atoms with Gasteiger partial charge in [0.05, 0.1) is 12.2 Å². The molecule has 0 aliphatic heterocycles. The van der Waals surface area contributed by atoms with Gasteiger partial charge in [-0.05, 0) is 78.6 Å². The van der Waals surface area contributed by atoms with Gasteiger partial charge in [0, 0.05) is 17.2 Å². The third-order valence-electron chi connectivity index (χ3n) is 7.88. The number of halogens is 1. The lowest BCUT2D eigenvalue weighted by atomic mass is 9.64. The van der Waals surface area contributed by atoms with Crippen LogP contribution in [0.1, 0.15) is 42.5 Å². The van der Waals surface area contributed by atoms with Gasteiger partial charge in [-0.1, -0.05) is 36.8 Å². The topological polar surface area (TPSA) is 70.2 Å². The quantitative estimate of drug-likeness (QED) is 0.327. The van der Waals surface area contributed by atoms with Crippen LogP contribution in [0.25, 0.3) is 11.5 Å². The number of aryl methyl sites for hydroxylation is 1. The summed E-state index contributed by atoms with van der Waals surface area (Å²) in [7, 11) is 0. The number of nitrogens with zero attached hydrogens (tertiary/aromatic N) is 3. The fourth-order valence-electron chi connectivity index (χ4n) is 6.25. The molecule has 6 nitrogen and oxygen atoms in total. The Labute approximate surface area is 208 Å². The first-order valence-corrected chi connectivity index (χ1v) is 12.5. The van der Waals surface area contributed by atoms with E-state index < -0.39 is 12.4 Å². The summed E-state index contributed by atoms with van der Waals surface area (Å²) in [5.41, 5.74) is 4.15. The predicted molar refractivity (Wildman–Crippen MR) is 133 cm³/mol. The van der Waals surface area contributed by atoms with Gasteiger partial charge < -0.3 is 9.15 Å². The molecule has 2 saturated carbocycles. The van der Waals surface area contributed by atoms with Crippen molar-refractivity contribution in [3.63, 3.8) is 0 Å². The molecule has 2 aromatic carbocycles. The van der Waals surface area contributed by atoms with E-state index in [0.29, 0.717) is 18.1 Å². The summed E-state index contributed by atoms with van der Waals surface area (Å²) in [6, 6.07) is 22.5. The molecule has 4 aromatic rings. The largest absolute Gasteiger partial charge is 0.487 e. The van der Waals surface area contributed by atoms with E-state index in [1.165, 1.54) is 30.4 Å². The summed E-state index contributed by atoms with van der Waals surface area (Å²) in [5.74, 6) is 1.74. The first kappa shape index (κ1) is 22.7. The number of benzene rings is 2. The number of ether oxygens (including phenoxy) is 1. The highest BCUT2D eigenvalue weighted by atomic mass is 19.1. The first-order valence-electron chi connectivity index (χ1n) is 12.5. The first-order chi connectivity index (χ1) is 17.7. The van der Waals surface area contributed by atoms with Crippen LogP contribution in [0.2, 0.25) is 0 Å². The van der Waals surface area contributed by atoms with Gasteiger partial charge in [0.25, 0.3) is 0 Å². The second kappa shape index (κ2) is 9.37. The van der Waals surface area contributed by atoms with Gasteiger partial charge in [0.1, 0.15) is 19.0 Å². The van der Waals surface area contributed by atoms with Crippen molar-refractivity contribution in [2.45, 2.75) is 44.2 Å². The van der Waals surface area contributed by atoms with Crippen LogP contribution in [0.5, 0.6) is 5.75 Å². The van der Waals surface area contributed by atoms with E-state index >= 15 is 0 Å². The lowest BCUT2D eigenvalue weighted by Crippen LogP contribution is -2.34. The van der Waals surface area contributed by atoms with E-state index in [2.05, 4.69) is 46.5 Å². The van der Waals surface area contributed by atoms with Gasteiger partial charge in [-0.2, -0.15) is 4.68 Å². The summed E-state index contributed by atoms with van der Waals surface area (Å²) >= 11 is 0. The molecule has 0 N–H and O–H groups in total. The lowest BCUT2D eigenvalue weighted by molar-refractivity contribution is 0.299. The SMILES string of the molecule is O=c1oc(-c2ccc([C@]3(c4ccc(OCc5ccccn5)cc4)C[C@@H]4CC[C@H]3C4)cc2)nn1CCF. The van der Waals surface area contributed by atoms with Crippen molar-refractivity contribution in [1.29, 1.82) is 0 Å². The molecule has 2 aliphatic carbocycles. The summed E-state index contributed by atoms with van der Waals surface area (Å²) in [5, 5.41) is 4.14. The highest BCUT2D eigenvalue weighted by molar-refractivity contribution is 5.55. The van der Waals surface area contributed by atoms with Crippen LogP contribution in [-0.4, -0.2) is 21.4 Å². The molecular formula is C29H28FN3O3. The molecule has 2 aromatic heterocycles. The van der Waals surface area contributed by atoms with Crippen LogP contribution in [0.3, 0.4) is 0 Å². The van der Waals surface area contributed by atoms with Crippen molar-refractivity contribution in [2.75, 3.05) is 6.67 Å². The molecule has 2 fully saturated rings. The van der Waals surface area contributed by atoms with Crippen molar-refractivity contribution in [3.05, 3.63) is 100 Å². The predicted octanol–water partition coefficient (Wildman–Crippen LogP) is 5.55. The van der Waals surface area contributed by atoms with Gasteiger partial charge in [0.2, 0.25) is 5.89 Å². The molecule has 184 valence electrons. The molecule has 36 heavy (non-hydrogen) atoms. The molecule has 0 saturated heterocycles. The third kappa shape index (κ3) is 4.02. The van der Waals surface area contributed by atoms with E-state index in [1.54, 1.807) is 6.20 Å². The number of alkyl halides is 1. The fraction of sp³-hybridized carbons (Fsp3) is 0.345. The van der Waals surface area contributed by atoms with Gasteiger partial charge in [0.15, 0.2) is 0 Å². The van der Waals surface area contributed by atoms with E-state index in [9.17, 15) is 9.18 Å². The summed E-state index contributed by atoms with van der Waals surface area (Å²) in [6.07, 6.45) is 6.68. The standard InChI is InChI=1S/C29H28FN3O3/c30-14-16-33-28(34)36-27(32-33)21-5-8-22(9-6-21)29(18-20-4-7-24(29)17-20)23-10-12-26(13-11-23)35-19-25-3-1-2-15-31-25/h1-3,5-6,8-13,15,20,24H,4,7,14,16-19H2/t20-,24+,29+/m1/s1. The van der Waals surface area contributed by atoms with Crippen LogP contribution < -0.4 is 10.5 Å². The average Bonchev–Trinajstić information content (AvgIpc) is 3.64. The summed E-state index contributed by atoms with van der Waals surface area (Å²) < 4.78 is 24.9. The van der Waals surface area contributed by atoms with E-state index in [0.717, 1.165) is 28.5 Å². The molecule has 0 amide bonds. The average molecular weight is 486 g/mol. The second-order valence-corrected chi connectivity index (χ2v) is 9.85. The van der Waals surface area contributed by atoms with Crippen LogP contribution in [0, 0.1) is 11.8 Å². The number of aromatic nitrogens is 3. The minimum atomic E-state index is -0.664. The lowest BCUT2D eigenvalue weighted by Gasteiger charge is -2.39. The molecule has 3 atom stereocenters. The Morgan fingerprint density at radius 2 is 1.81 bits per heavy atom. The third-order valence-corrected chi connectivity index (χ3v) is 7.88. The zero-order valence-corrected chi connectivity index (χ0v) is 20.0. The summed E-state index contributed by atoms with van der Waals surface area (Å²) in [6.45, 7) is -0.328. The van der Waals surface area contributed by atoms with Crippen LogP contribution >= 0.6 is 0 Å². The molecule has 0 spiro atoms. The van der Waals surface area contributed by atoms with Crippen LogP contribution in [-0.2, 0) is 18.6 Å². The Balaban J connectivity index is 1.28. The molecular weight excluding hydrogens is 457 g/mol. The van der Waals surface area contributed by atoms with Crippen molar-refractivity contribution < 1.29 is 13.5 Å². The van der Waals surface area contributed by atoms with Crippen molar-refractivity contribution >= 4 is 0 Å². The second-order valence-electron chi connectivity index (χ2n) is 9.85. The van der Waals surface area contributed by atoms with Crippen molar-refractivity contribution in [1.82, 2.24) is 14.8 Å². The Morgan fingerprint density at radius 1 is 1.03 bits per heavy atom. The molecule has 7 heteroatoms. The molecule has 2 heterocycles. The Kier molecular flexibility index (Phi) is 5.91. The maximum Gasteiger partial charge on any atom is 0.437 e. The minimum Gasteiger partial charge on any atom is -0.487 e. The van der Waals surface area contributed by atoms with Gasteiger partial charge >= 0.3 is 5.76 Å². The minimum absolute atomic E-state index is 0.0462. The molecule has 2 aliphatic rings. The Hall–Kier alpha value is -3.74. The fourth-order valence-corrected chi connectivity index (χ4v) is 6.25. The van der Waals surface area contributed by atoms with Crippen LogP contribution in [0.15, 0.2) is 82.1 Å². The van der Waals surface area contributed by atoms with Gasteiger partial charge in [-0.25, -0.2) is 9.18 Å². The highest BCUT2D eigenvalue weighted by Gasteiger charge is 2.52. The normalized spacial score (nSPS) is 22.7. The molecule has 2 bridgehead atoms. The van der Waals surface area contributed by atoms with Gasteiger partial charge in [-0.15, -0.1) is 5.10 Å². The highest BCUT2D eigenvalue weighted by Crippen LogP contribution is 2.60. The molecule has 0 radical (unpaired) electrons. The Bertz CT molecular complexity index is 1380. The summed E-state index contributed by atoms with van der Waals surface area (Å²) in [4.78, 5) is 16.2. The smallest absolute Gasteiger partial charge is 0.437 e. The number of hydrogen-bond donors (Lipinski definition) is 0. The zero-order chi connectivity index (χ0) is 24.5. The maximum absolute atomic E-state index is 12.7. The van der Waals surface area contributed by atoms with E-state index in [-0.39, 0.29) is 17.9 Å². The Morgan fingerprint density at radius 3 is 2.44 bits per heavy atom. The van der Waals surface area contributed by atoms with Crippen molar-refractivity contribution in [3.8, 4) is 17.2 Å². The monoisotopic (exact) mass is 485 g/mol. The maximum atomic E-state index is 12.7. The van der Waals surface area contributed by atoms with E-state index in [4.69, 9.17) is 9.15 Å². The number of hydrogen-bond acceptors (Lipinski definition) is 5. The number of fused-ring (bicyclic) bond motifs is 2.